The third-order valence-corrected chi connectivity index (χ3v) is 8.33. The van der Waals surface area contributed by atoms with Crippen molar-refractivity contribution in [2.75, 3.05) is 6.61 Å². The van der Waals surface area contributed by atoms with Gasteiger partial charge in [0.25, 0.3) is 0 Å². The molecule has 1 heteroatoms. The van der Waals surface area contributed by atoms with Crippen molar-refractivity contribution in [2.24, 2.45) is 29.6 Å². The first kappa shape index (κ1) is 20.7. The average molecular weight is 363 g/mol. The fourth-order valence-corrected chi connectivity index (χ4v) is 6.72. The lowest BCUT2D eigenvalue weighted by Crippen LogP contribution is -2.32. The van der Waals surface area contributed by atoms with Crippen molar-refractivity contribution in [3.05, 3.63) is 0 Å². The summed E-state index contributed by atoms with van der Waals surface area (Å²) in [7, 11) is 0. The van der Waals surface area contributed by atoms with Crippen molar-refractivity contribution in [1.29, 1.82) is 0 Å². The molecule has 2 atom stereocenters. The molecule has 26 heavy (non-hydrogen) atoms. The molecule has 0 spiro atoms. The molecule has 0 aliphatic heterocycles. The topological polar surface area (TPSA) is 9.23 Å². The van der Waals surface area contributed by atoms with E-state index >= 15 is 0 Å². The first-order chi connectivity index (χ1) is 12.8. The third-order valence-electron chi connectivity index (χ3n) is 8.33. The Labute approximate surface area is 164 Å². The molecular weight excluding hydrogens is 316 g/mol. The summed E-state index contributed by atoms with van der Waals surface area (Å²) in [5.41, 5.74) is 0. The van der Waals surface area contributed by atoms with Crippen molar-refractivity contribution in [2.45, 2.75) is 123 Å². The van der Waals surface area contributed by atoms with Gasteiger partial charge in [-0.25, -0.2) is 0 Å². The fraction of sp³-hybridized carbons (Fsp3) is 1.00. The Morgan fingerprint density at radius 2 is 1.27 bits per heavy atom. The second-order valence-electron chi connectivity index (χ2n) is 9.96. The second kappa shape index (κ2) is 11.1. The summed E-state index contributed by atoms with van der Waals surface area (Å²) in [6.07, 6.45) is 24.4. The molecule has 0 heterocycles. The van der Waals surface area contributed by atoms with Crippen LogP contribution >= 0.6 is 0 Å². The summed E-state index contributed by atoms with van der Waals surface area (Å²) in [6, 6.07) is 0. The summed E-state index contributed by atoms with van der Waals surface area (Å²) < 4.78 is 5.97. The summed E-state index contributed by atoms with van der Waals surface area (Å²) >= 11 is 0. The second-order valence-corrected chi connectivity index (χ2v) is 9.96. The van der Waals surface area contributed by atoms with Crippen molar-refractivity contribution in [3.8, 4) is 0 Å². The van der Waals surface area contributed by atoms with Gasteiger partial charge < -0.3 is 4.74 Å². The van der Waals surface area contributed by atoms with E-state index in [1.54, 1.807) is 38.5 Å². The lowest BCUT2D eigenvalue weighted by molar-refractivity contribution is 0.00186. The van der Waals surface area contributed by atoms with E-state index in [9.17, 15) is 0 Å². The van der Waals surface area contributed by atoms with Gasteiger partial charge in [-0.2, -0.15) is 0 Å². The van der Waals surface area contributed by atoms with Gasteiger partial charge >= 0.3 is 0 Å². The first-order valence-electron chi connectivity index (χ1n) is 12.4. The Kier molecular flexibility index (Phi) is 8.82. The van der Waals surface area contributed by atoms with Crippen molar-refractivity contribution < 1.29 is 4.74 Å². The molecule has 0 N–H and O–H groups in total. The van der Waals surface area contributed by atoms with Crippen LogP contribution in [0.15, 0.2) is 0 Å². The first-order valence-corrected chi connectivity index (χ1v) is 12.4. The zero-order valence-electron chi connectivity index (χ0n) is 17.9. The Morgan fingerprint density at radius 1 is 0.654 bits per heavy atom. The van der Waals surface area contributed by atoms with Crippen LogP contribution in [0.3, 0.4) is 0 Å². The predicted molar refractivity (Wildman–Crippen MR) is 112 cm³/mol. The molecule has 0 aromatic heterocycles. The molecule has 0 aromatic rings. The number of hydrogen-bond acceptors (Lipinski definition) is 1. The average Bonchev–Trinajstić information content (AvgIpc) is 2.69. The van der Waals surface area contributed by atoms with Crippen molar-refractivity contribution >= 4 is 0 Å². The van der Waals surface area contributed by atoms with Crippen LogP contribution < -0.4 is 0 Å². The zero-order chi connectivity index (χ0) is 18.2. The highest BCUT2D eigenvalue weighted by atomic mass is 16.5. The van der Waals surface area contributed by atoms with Crippen LogP contribution in [0.2, 0.25) is 0 Å². The molecule has 0 saturated heterocycles. The molecule has 0 aromatic carbocycles. The highest BCUT2D eigenvalue weighted by Crippen LogP contribution is 2.46. The molecule has 0 unspecified atom stereocenters. The fourth-order valence-electron chi connectivity index (χ4n) is 6.72. The quantitative estimate of drug-likeness (QED) is 0.401. The molecule has 1 nitrogen and oxygen atoms in total. The number of hydrogen-bond donors (Lipinski definition) is 0. The number of unbranched alkanes of at least 4 members (excludes halogenated alkanes) is 2. The molecule has 3 saturated carbocycles. The Hall–Kier alpha value is -0.0400. The number of rotatable bonds is 8. The van der Waals surface area contributed by atoms with Crippen LogP contribution in [0.1, 0.15) is 117 Å². The van der Waals surface area contributed by atoms with Gasteiger partial charge in [0.2, 0.25) is 0 Å². The molecule has 3 aliphatic rings. The molecule has 3 fully saturated rings. The molecule has 152 valence electrons. The van der Waals surface area contributed by atoms with Gasteiger partial charge in [0, 0.05) is 6.61 Å². The Balaban J connectivity index is 1.35. The molecule has 0 radical (unpaired) electrons. The van der Waals surface area contributed by atoms with Crippen LogP contribution in [0.4, 0.5) is 0 Å². The van der Waals surface area contributed by atoms with Crippen LogP contribution in [0, 0.1) is 29.6 Å². The smallest absolute Gasteiger partial charge is 0.0577 e. The lowest BCUT2D eigenvalue weighted by Gasteiger charge is -2.41. The maximum Gasteiger partial charge on any atom is 0.0577 e. The zero-order valence-corrected chi connectivity index (χ0v) is 17.9. The van der Waals surface area contributed by atoms with Gasteiger partial charge in [0.1, 0.15) is 0 Å². The van der Waals surface area contributed by atoms with Crippen LogP contribution in [0.25, 0.3) is 0 Å². The highest BCUT2D eigenvalue weighted by Gasteiger charge is 2.35. The summed E-state index contributed by atoms with van der Waals surface area (Å²) in [5, 5.41) is 0. The largest absolute Gasteiger partial charge is 0.378 e. The summed E-state index contributed by atoms with van der Waals surface area (Å²) in [6.45, 7) is 5.40. The molecule has 3 rings (SSSR count). The van der Waals surface area contributed by atoms with E-state index in [2.05, 4.69) is 13.8 Å². The van der Waals surface area contributed by atoms with E-state index in [4.69, 9.17) is 4.74 Å². The van der Waals surface area contributed by atoms with Crippen molar-refractivity contribution in [1.82, 2.24) is 0 Å². The standard InChI is InChI=1S/C25H46O/c1-3-5-6-8-20-11-13-21(14-12-20)22-15-17-23(18-16-22)24-9-7-10-25(19-24)26-4-2/h20-25H,3-19H2,1-2H3/t20-,21-,22?,23?,24-,25+/m0/s1. The van der Waals surface area contributed by atoms with Crippen LogP contribution in [-0.2, 0) is 4.74 Å². The van der Waals surface area contributed by atoms with E-state index in [1.165, 1.54) is 64.2 Å². The van der Waals surface area contributed by atoms with Gasteiger partial charge in [-0.3, -0.25) is 0 Å². The van der Waals surface area contributed by atoms with E-state index in [0.717, 1.165) is 36.2 Å². The highest BCUT2D eigenvalue weighted by molar-refractivity contribution is 4.86. The maximum absolute atomic E-state index is 5.97. The van der Waals surface area contributed by atoms with E-state index in [-0.39, 0.29) is 0 Å². The van der Waals surface area contributed by atoms with Gasteiger partial charge in [0.05, 0.1) is 6.10 Å². The van der Waals surface area contributed by atoms with Crippen LogP contribution in [0.5, 0.6) is 0 Å². The Morgan fingerprint density at radius 3 is 1.88 bits per heavy atom. The lowest BCUT2D eigenvalue weighted by atomic mass is 9.65. The third kappa shape index (κ3) is 5.98. The van der Waals surface area contributed by atoms with E-state index < -0.39 is 0 Å². The minimum Gasteiger partial charge on any atom is -0.378 e. The SMILES string of the molecule is CCCCC[C@H]1CC[C@H](C2CCC([C@H]3CCC[C@@H](OCC)C3)CC2)CC1. The van der Waals surface area contributed by atoms with Crippen LogP contribution in [-0.4, -0.2) is 12.7 Å². The molecule has 0 amide bonds. The van der Waals surface area contributed by atoms with Crippen molar-refractivity contribution in [3.63, 3.8) is 0 Å². The predicted octanol–water partition coefficient (Wildman–Crippen LogP) is 7.77. The van der Waals surface area contributed by atoms with Gasteiger partial charge in [0.15, 0.2) is 0 Å². The minimum atomic E-state index is 0.583. The molecule has 3 aliphatic carbocycles. The minimum absolute atomic E-state index is 0.583. The summed E-state index contributed by atoms with van der Waals surface area (Å²) in [4.78, 5) is 0. The van der Waals surface area contributed by atoms with Gasteiger partial charge in [-0.15, -0.1) is 0 Å². The summed E-state index contributed by atoms with van der Waals surface area (Å²) in [5.74, 6) is 5.25. The maximum atomic E-state index is 5.97. The van der Waals surface area contributed by atoms with Gasteiger partial charge in [-0.05, 0) is 94.3 Å². The molecule has 0 bridgehead atoms. The van der Waals surface area contributed by atoms with Gasteiger partial charge in [-0.1, -0.05) is 51.9 Å². The monoisotopic (exact) mass is 362 g/mol. The molecular formula is C25H46O. The Bertz CT molecular complexity index is 360. The number of ether oxygens (including phenoxy) is 1. The van der Waals surface area contributed by atoms with E-state index in [1.807, 2.05) is 0 Å². The normalized spacial score (nSPS) is 39.0. The van der Waals surface area contributed by atoms with E-state index in [0.29, 0.717) is 6.10 Å².